The summed E-state index contributed by atoms with van der Waals surface area (Å²) in [7, 11) is -8.75. The summed E-state index contributed by atoms with van der Waals surface area (Å²) in [6.07, 6.45) is 0. The molecule has 0 heterocycles. The Hall–Kier alpha value is -5.33. The molecule has 6 aromatic rings. The van der Waals surface area contributed by atoms with Crippen molar-refractivity contribution < 1.29 is 172 Å². The van der Waals surface area contributed by atoms with E-state index in [0.29, 0.717) is 0 Å². The number of carboxylic acids is 2. The predicted molar refractivity (Wildman–Crippen MR) is 250 cm³/mol. The van der Waals surface area contributed by atoms with Gasteiger partial charge in [0.05, 0.1) is 65.9 Å². The first-order chi connectivity index (χ1) is 34.0. The molecule has 0 saturated heterocycles. The molecule has 4 N–H and O–H groups in total. The van der Waals surface area contributed by atoms with E-state index in [-0.39, 0.29) is 138 Å². The maximum absolute atomic E-state index is 12.8. The van der Waals surface area contributed by atoms with Gasteiger partial charge in [0.25, 0.3) is 31.9 Å². The van der Waals surface area contributed by atoms with Crippen LogP contribution in [0.4, 0.5) is 34.1 Å². The molecule has 30 heteroatoms. The van der Waals surface area contributed by atoms with Crippen molar-refractivity contribution in [1.29, 1.82) is 0 Å². The molecule has 6 rings (SSSR count). The molecule has 2 amide bonds. The molecule has 0 saturated carbocycles. The number of nitrogens with zero attached hydrogens (tertiary/aromatic N) is 4. The third-order valence-electron chi connectivity index (χ3n) is 9.12. The summed E-state index contributed by atoms with van der Waals surface area (Å²) >= 11 is 12.0. The second-order valence-corrected chi connectivity index (χ2v) is 18.4. The van der Waals surface area contributed by atoms with Gasteiger partial charge in [0.1, 0.15) is 11.4 Å². The topological polar surface area (TPSA) is 372 Å². The summed E-state index contributed by atoms with van der Waals surface area (Å²) in [4.78, 5) is 46.6. The Morgan fingerprint density at radius 1 is 0.474 bits per heavy atom. The van der Waals surface area contributed by atoms with Gasteiger partial charge in [-0.15, -0.1) is 21.7 Å². The summed E-state index contributed by atoms with van der Waals surface area (Å²) in [6, 6.07) is 28.3. The molecular formula is C46H32Cl2CoN8Na3O14S2. The van der Waals surface area contributed by atoms with Crippen LogP contribution in [-0.4, -0.2) is 40.6 Å². The number of nitrogens with one attached hydrogen (secondary N) is 4. The van der Waals surface area contributed by atoms with Gasteiger partial charge in [-0.05, 0) is 60.7 Å². The number of allylic oxidation sites excluding steroid dienone is 2. The fourth-order valence-corrected chi connectivity index (χ4v) is 8.20. The van der Waals surface area contributed by atoms with Crippen LogP contribution in [0.5, 0.6) is 11.5 Å². The molecule has 0 aliphatic rings. The van der Waals surface area contributed by atoms with E-state index in [4.69, 9.17) is 23.2 Å². The molecule has 22 nitrogen and oxygen atoms in total. The molecule has 6 aromatic carbocycles. The monoisotopic (exact) mass is 1180 g/mol. The van der Waals surface area contributed by atoms with Crippen LogP contribution in [0, 0.1) is 0 Å². The second-order valence-electron chi connectivity index (χ2n) is 14.2. The average molecular weight is 1180 g/mol. The van der Waals surface area contributed by atoms with Gasteiger partial charge in [-0.25, -0.2) is 16.8 Å². The van der Waals surface area contributed by atoms with Crippen LogP contribution in [0.1, 0.15) is 34.6 Å². The molecule has 0 aromatic heterocycles. The molecular weight excluding hydrogens is 1150 g/mol. The second kappa shape index (κ2) is 31.2. The van der Waals surface area contributed by atoms with Crippen LogP contribution in [-0.2, 0) is 46.4 Å². The minimum Gasteiger partial charge on any atom is -0.874 e. The van der Waals surface area contributed by atoms with Crippen molar-refractivity contribution in [3.63, 3.8) is 0 Å². The molecule has 0 aliphatic heterocycles. The Morgan fingerprint density at radius 3 is 1.08 bits per heavy atom. The SMILES string of the molecule is C/C([O-])=C(/N=Nc1cc(S(=O)(=O)Nc2ccccc2C(=O)[O-])ccc1[O-])C(=O)Nc1ccccc1Cl.C/C([O-])=C(\N=Nc1cc(S(=O)(=O)Nc2ccccc2C(=O)[O-])ccc1[O-])C(=O)Nc1ccccc1Cl.[Co+3].[Na+].[Na+].[Na+]. The summed E-state index contributed by atoms with van der Waals surface area (Å²) in [6.45, 7) is 2.11. The number of carboxylic acid groups (broad SMARTS) is 2. The molecule has 0 fully saturated rings. The molecule has 0 bridgehead atoms. The third kappa shape index (κ3) is 19.0. The Balaban J connectivity index is 0.000000722. The number of carbonyl (C=O) groups excluding carboxylic acids is 4. The number of amides is 2. The number of azo groups is 2. The van der Waals surface area contributed by atoms with Gasteiger partial charge < -0.3 is 50.9 Å². The van der Waals surface area contributed by atoms with Gasteiger partial charge in [-0.1, -0.05) is 121 Å². The zero-order valence-corrected chi connectivity index (χ0v) is 50.3. The van der Waals surface area contributed by atoms with Gasteiger partial charge in [0, 0.05) is 11.1 Å². The van der Waals surface area contributed by atoms with Crippen molar-refractivity contribution in [3.05, 3.63) is 178 Å². The van der Waals surface area contributed by atoms with E-state index < -0.39 is 111 Å². The Bertz CT molecular complexity index is 3250. The van der Waals surface area contributed by atoms with Gasteiger partial charge in [0.2, 0.25) is 0 Å². The van der Waals surface area contributed by atoms with E-state index in [1.807, 2.05) is 0 Å². The first-order valence-electron chi connectivity index (χ1n) is 20.0. The Morgan fingerprint density at radius 2 is 0.776 bits per heavy atom. The maximum atomic E-state index is 12.8. The number of sulfonamides is 2. The van der Waals surface area contributed by atoms with Crippen molar-refractivity contribution in [3.8, 4) is 11.5 Å². The van der Waals surface area contributed by atoms with Crippen LogP contribution < -0.4 is 139 Å². The van der Waals surface area contributed by atoms with E-state index in [0.717, 1.165) is 62.4 Å². The number of hydrogen-bond donors (Lipinski definition) is 4. The predicted octanol–water partition coefficient (Wildman–Crippen LogP) is -5.21. The molecule has 378 valence electrons. The molecule has 0 aliphatic carbocycles. The smallest absolute Gasteiger partial charge is 0.874 e. The van der Waals surface area contributed by atoms with Crippen molar-refractivity contribution in [1.82, 2.24) is 0 Å². The van der Waals surface area contributed by atoms with E-state index in [1.165, 1.54) is 60.7 Å². The van der Waals surface area contributed by atoms with Crippen LogP contribution in [0.25, 0.3) is 0 Å². The zero-order valence-electron chi connectivity index (χ0n) is 40.1. The first kappa shape index (κ1) is 68.7. The van der Waals surface area contributed by atoms with Crippen molar-refractivity contribution >= 4 is 101 Å². The fraction of sp³-hybridized carbons (Fsp3) is 0.0435. The van der Waals surface area contributed by atoms with Crippen LogP contribution in [0.3, 0.4) is 0 Å². The summed E-state index contributed by atoms with van der Waals surface area (Å²) in [5, 5.41) is 90.4. The third-order valence-corrected chi connectivity index (χ3v) is 12.5. The zero-order chi connectivity index (χ0) is 52.9. The quantitative estimate of drug-likeness (QED) is 0.0305. The van der Waals surface area contributed by atoms with E-state index in [1.54, 1.807) is 24.3 Å². The number of anilines is 4. The fourth-order valence-electron chi connectivity index (χ4n) is 5.64. The summed E-state index contributed by atoms with van der Waals surface area (Å²) in [5.41, 5.74) is -3.20. The largest absolute Gasteiger partial charge is 3.00 e. The molecule has 0 atom stereocenters. The normalized spacial score (nSPS) is 11.5. The van der Waals surface area contributed by atoms with E-state index >= 15 is 0 Å². The molecule has 0 radical (unpaired) electrons. The number of rotatable bonds is 16. The number of benzene rings is 6. The molecule has 0 unspecified atom stereocenters. The Labute approximate surface area is 520 Å². The van der Waals surface area contributed by atoms with Gasteiger partial charge >= 0.3 is 105 Å². The first-order valence-corrected chi connectivity index (χ1v) is 23.7. The minimum absolute atomic E-state index is 0. The van der Waals surface area contributed by atoms with Gasteiger partial charge in [0.15, 0.2) is 0 Å². The van der Waals surface area contributed by atoms with Crippen LogP contribution in [0.15, 0.2) is 187 Å². The Kier molecular flexibility index (Phi) is 28.2. The van der Waals surface area contributed by atoms with Crippen LogP contribution in [0.2, 0.25) is 10.0 Å². The summed E-state index contributed by atoms with van der Waals surface area (Å²) in [5.74, 6) is -8.14. The van der Waals surface area contributed by atoms with E-state index in [9.17, 15) is 66.7 Å². The number of aromatic carboxylic acids is 2. The standard InChI is InChI=1S/2C23H19ClN4O7S.Co.3Na/c2*1-13(29)21(22(31)25-18-9-5-3-7-16(18)24)27-26-19-12-14(10-11-20(19)30)36(34,35)28-17-8-4-2-6-15(17)23(32)33;;;;/h2*2-12,28-30H,1H3,(H,25,31)(H,32,33);;;;/q;;+3;3*+1/p-6/b21-13+,27-26?;21-13-,27-26?;;;;. The number of para-hydroxylation sites is 4. The van der Waals surface area contributed by atoms with Gasteiger partial charge in [-0.2, -0.15) is 10.2 Å². The maximum Gasteiger partial charge on any atom is 3.00 e. The van der Waals surface area contributed by atoms with Crippen LogP contribution >= 0.6 is 23.2 Å². The number of carbonyl (C=O) groups is 4. The van der Waals surface area contributed by atoms with Crippen molar-refractivity contribution in [2.45, 2.75) is 23.6 Å². The summed E-state index contributed by atoms with van der Waals surface area (Å²) < 4.78 is 55.4. The average Bonchev–Trinajstić information content (AvgIpc) is 3.31. The number of halogens is 2. The van der Waals surface area contributed by atoms with Crippen molar-refractivity contribution in [2.75, 3.05) is 20.1 Å². The van der Waals surface area contributed by atoms with Gasteiger partial charge in [-0.3, -0.25) is 19.0 Å². The van der Waals surface area contributed by atoms with Crippen molar-refractivity contribution in [2.24, 2.45) is 20.5 Å². The molecule has 0 spiro atoms. The van der Waals surface area contributed by atoms with E-state index in [2.05, 4.69) is 40.5 Å². The molecule has 76 heavy (non-hydrogen) atoms. The number of hydrogen-bond acceptors (Lipinski definition) is 18. The minimum atomic E-state index is -4.37.